The predicted molar refractivity (Wildman–Crippen MR) is 84.5 cm³/mol. The third-order valence-corrected chi connectivity index (χ3v) is 4.24. The number of nitrogens with zero attached hydrogens (tertiary/aromatic N) is 1. The van der Waals surface area contributed by atoms with E-state index in [1.54, 1.807) is 30.6 Å². The zero-order chi connectivity index (χ0) is 15.2. The summed E-state index contributed by atoms with van der Waals surface area (Å²) in [5.74, 6) is 0.461. The maximum Gasteiger partial charge on any atom is 0.123 e. The van der Waals surface area contributed by atoms with Crippen molar-refractivity contribution < 1.29 is 9.13 Å². The SMILES string of the molecule is CCCNC(Cc1nc(C)cs1)c1cc(F)ccc1OC. The van der Waals surface area contributed by atoms with E-state index < -0.39 is 0 Å². The lowest BCUT2D eigenvalue weighted by atomic mass is 10.0. The third kappa shape index (κ3) is 4.25. The minimum Gasteiger partial charge on any atom is -0.496 e. The van der Waals surface area contributed by atoms with Crippen molar-refractivity contribution >= 4 is 11.3 Å². The van der Waals surface area contributed by atoms with Gasteiger partial charge in [0.25, 0.3) is 0 Å². The fourth-order valence-electron chi connectivity index (χ4n) is 2.26. The van der Waals surface area contributed by atoms with Crippen molar-refractivity contribution in [3.05, 3.63) is 45.7 Å². The molecule has 1 unspecified atom stereocenters. The molecule has 0 fully saturated rings. The van der Waals surface area contributed by atoms with E-state index in [2.05, 4.69) is 17.2 Å². The summed E-state index contributed by atoms with van der Waals surface area (Å²) in [5, 5.41) is 6.55. The number of methoxy groups -OCH3 is 1. The van der Waals surface area contributed by atoms with Gasteiger partial charge >= 0.3 is 0 Å². The van der Waals surface area contributed by atoms with Gasteiger partial charge in [-0.2, -0.15) is 0 Å². The monoisotopic (exact) mass is 308 g/mol. The molecular formula is C16H21FN2OS. The Balaban J connectivity index is 2.28. The van der Waals surface area contributed by atoms with Gasteiger partial charge in [0.05, 0.1) is 12.1 Å². The van der Waals surface area contributed by atoms with E-state index in [-0.39, 0.29) is 11.9 Å². The van der Waals surface area contributed by atoms with Crippen LogP contribution in [0, 0.1) is 12.7 Å². The number of aromatic nitrogens is 1. The first-order valence-corrected chi connectivity index (χ1v) is 7.99. The Kier molecular flexibility index (Phi) is 5.70. The molecule has 3 nitrogen and oxygen atoms in total. The molecule has 0 radical (unpaired) electrons. The summed E-state index contributed by atoms with van der Waals surface area (Å²) in [4.78, 5) is 4.51. The highest BCUT2D eigenvalue weighted by Crippen LogP contribution is 2.29. The lowest BCUT2D eigenvalue weighted by molar-refractivity contribution is 0.396. The fraction of sp³-hybridized carbons (Fsp3) is 0.438. The number of benzene rings is 1. The number of hydrogen-bond donors (Lipinski definition) is 1. The normalized spacial score (nSPS) is 12.4. The van der Waals surface area contributed by atoms with E-state index in [0.29, 0.717) is 5.75 Å². The van der Waals surface area contributed by atoms with Gasteiger partial charge in [0.2, 0.25) is 0 Å². The van der Waals surface area contributed by atoms with Gasteiger partial charge in [-0.1, -0.05) is 6.92 Å². The molecule has 21 heavy (non-hydrogen) atoms. The Morgan fingerprint density at radius 2 is 2.24 bits per heavy atom. The van der Waals surface area contributed by atoms with Crippen LogP contribution in [0.5, 0.6) is 5.75 Å². The van der Waals surface area contributed by atoms with E-state index in [9.17, 15) is 4.39 Å². The molecule has 0 saturated heterocycles. The van der Waals surface area contributed by atoms with E-state index >= 15 is 0 Å². The molecule has 0 saturated carbocycles. The average Bonchev–Trinajstić information content (AvgIpc) is 2.88. The van der Waals surface area contributed by atoms with Crippen molar-refractivity contribution in [2.75, 3.05) is 13.7 Å². The Hall–Kier alpha value is -1.46. The molecule has 114 valence electrons. The maximum atomic E-state index is 13.6. The van der Waals surface area contributed by atoms with E-state index in [1.165, 1.54) is 6.07 Å². The van der Waals surface area contributed by atoms with Crippen LogP contribution in [0.3, 0.4) is 0 Å². The summed E-state index contributed by atoms with van der Waals surface area (Å²) >= 11 is 1.64. The average molecular weight is 308 g/mol. The number of rotatable bonds is 7. The number of nitrogens with one attached hydrogen (secondary N) is 1. The molecule has 0 amide bonds. The Morgan fingerprint density at radius 1 is 1.43 bits per heavy atom. The van der Waals surface area contributed by atoms with E-state index in [4.69, 9.17) is 4.74 Å². The van der Waals surface area contributed by atoms with Crippen LogP contribution in [0.1, 0.15) is 35.7 Å². The highest BCUT2D eigenvalue weighted by Gasteiger charge is 2.18. The van der Waals surface area contributed by atoms with Gasteiger partial charge in [0.15, 0.2) is 0 Å². The second-order valence-electron chi connectivity index (χ2n) is 4.98. The second kappa shape index (κ2) is 7.52. The van der Waals surface area contributed by atoms with Gasteiger partial charge in [-0.25, -0.2) is 9.37 Å². The van der Waals surface area contributed by atoms with E-state index in [0.717, 1.165) is 35.7 Å². The van der Waals surface area contributed by atoms with Crippen LogP contribution < -0.4 is 10.1 Å². The van der Waals surface area contributed by atoms with Gasteiger partial charge in [-0.3, -0.25) is 0 Å². The molecule has 0 aliphatic heterocycles. The van der Waals surface area contributed by atoms with Crippen molar-refractivity contribution in [3.63, 3.8) is 0 Å². The van der Waals surface area contributed by atoms with Crippen LogP contribution in [-0.2, 0) is 6.42 Å². The summed E-state index contributed by atoms with van der Waals surface area (Å²) in [6.07, 6.45) is 1.75. The van der Waals surface area contributed by atoms with Crippen LogP contribution in [0.4, 0.5) is 4.39 Å². The molecule has 5 heteroatoms. The highest BCUT2D eigenvalue weighted by molar-refractivity contribution is 7.09. The summed E-state index contributed by atoms with van der Waals surface area (Å²) in [6.45, 7) is 4.96. The van der Waals surface area contributed by atoms with Gasteiger partial charge in [0.1, 0.15) is 11.6 Å². The number of thiazole rings is 1. The lowest BCUT2D eigenvalue weighted by Gasteiger charge is -2.20. The van der Waals surface area contributed by atoms with Crippen molar-refractivity contribution in [1.82, 2.24) is 10.3 Å². The molecule has 2 aromatic rings. The van der Waals surface area contributed by atoms with Gasteiger partial charge in [-0.15, -0.1) is 11.3 Å². The largest absolute Gasteiger partial charge is 0.496 e. The Bertz CT molecular complexity index is 585. The number of halogens is 1. The summed E-state index contributed by atoms with van der Waals surface area (Å²) < 4.78 is 19.0. The molecule has 0 bridgehead atoms. The van der Waals surface area contributed by atoms with Crippen LogP contribution in [-0.4, -0.2) is 18.6 Å². The smallest absolute Gasteiger partial charge is 0.123 e. The Labute approximate surface area is 129 Å². The minimum atomic E-state index is -0.246. The van der Waals surface area contributed by atoms with Crippen LogP contribution in [0.2, 0.25) is 0 Å². The fourth-order valence-corrected chi connectivity index (χ4v) is 3.08. The predicted octanol–water partition coefficient (Wildman–Crippen LogP) is 3.88. The first-order valence-electron chi connectivity index (χ1n) is 7.11. The molecule has 1 aromatic heterocycles. The van der Waals surface area contributed by atoms with Crippen LogP contribution >= 0.6 is 11.3 Å². The maximum absolute atomic E-state index is 13.6. The zero-order valence-electron chi connectivity index (χ0n) is 12.6. The summed E-state index contributed by atoms with van der Waals surface area (Å²) in [7, 11) is 1.61. The first-order chi connectivity index (χ1) is 10.1. The minimum absolute atomic E-state index is 0.00106. The standard InChI is InChI=1S/C16H21FN2OS/c1-4-7-18-14(9-16-19-11(2)10-21-16)13-8-12(17)5-6-15(13)20-3/h5-6,8,10,14,18H,4,7,9H2,1-3H3. The van der Waals surface area contributed by atoms with Crippen LogP contribution in [0.25, 0.3) is 0 Å². The Morgan fingerprint density at radius 3 is 2.86 bits per heavy atom. The van der Waals surface area contributed by atoms with Gasteiger partial charge < -0.3 is 10.1 Å². The summed E-state index contributed by atoms with van der Waals surface area (Å²) in [5.41, 5.74) is 1.87. The zero-order valence-corrected chi connectivity index (χ0v) is 13.5. The molecule has 0 aliphatic carbocycles. The number of aryl methyl sites for hydroxylation is 1. The molecule has 0 aliphatic rings. The molecule has 1 heterocycles. The second-order valence-corrected chi connectivity index (χ2v) is 5.92. The molecule has 1 N–H and O–H groups in total. The first kappa shape index (κ1) is 15.9. The molecule has 1 aromatic carbocycles. The van der Waals surface area contributed by atoms with Gasteiger partial charge in [-0.05, 0) is 38.1 Å². The third-order valence-electron chi connectivity index (χ3n) is 3.25. The van der Waals surface area contributed by atoms with Crippen molar-refractivity contribution in [2.24, 2.45) is 0 Å². The molecule has 2 rings (SSSR count). The molecule has 1 atom stereocenters. The number of ether oxygens (including phenoxy) is 1. The van der Waals surface area contributed by atoms with Crippen molar-refractivity contribution in [1.29, 1.82) is 0 Å². The molecular weight excluding hydrogens is 287 g/mol. The quantitative estimate of drug-likeness (QED) is 0.843. The summed E-state index contributed by atoms with van der Waals surface area (Å²) in [6, 6.07) is 4.65. The highest BCUT2D eigenvalue weighted by atomic mass is 32.1. The van der Waals surface area contributed by atoms with Crippen molar-refractivity contribution in [2.45, 2.75) is 32.7 Å². The number of hydrogen-bond acceptors (Lipinski definition) is 4. The van der Waals surface area contributed by atoms with E-state index in [1.807, 2.05) is 12.3 Å². The molecule has 0 spiro atoms. The van der Waals surface area contributed by atoms with Crippen LogP contribution in [0.15, 0.2) is 23.6 Å². The topological polar surface area (TPSA) is 34.2 Å². The lowest BCUT2D eigenvalue weighted by Crippen LogP contribution is -2.24. The van der Waals surface area contributed by atoms with Crippen molar-refractivity contribution in [3.8, 4) is 5.75 Å². The van der Waals surface area contributed by atoms with Gasteiger partial charge in [0, 0.05) is 29.1 Å².